The molecule has 1 aromatic rings. The zero-order valence-electron chi connectivity index (χ0n) is 13.5. The molecule has 1 aromatic carbocycles. The van der Waals surface area contributed by atoms with Crippen LogP contribution in [0.4, 0.5) is 0 Å². The molecule has 6 nitrogen and oxygen atoms in total. The molecule has 1 aliphatic rings. The number of nitrogens with one attached hydrogen (secondary N) is 1. The van der Waals surface area contributed by atoms with Crippen LogP contribution in [0.15, 0.2) is 18.2 Å². The van der Waals surface area contributed by atoms with Crippen molar-refractivity contribution in [3.8, 4) is 11.5 Å². The van der Waals surface area contributed by atoms with Gasteiger partial charge in [0.25, 0.3) is 5.91 Å². The van der Waals surface area contributed by atoms with Gasteiger partial charge in [-0.15, -0.1) is 0 Å². The number of carbonyl (C=O) groups is 1. The summed E-state index contributed by atoms with van der Waals surface area (Å²) in [5.74, 6) is 0.970. The van der Waals surface area contributed by atoms with Crippen LogP contribution < -0.4 is 14.8 Å². The van der Waals surface area contributed by atoms with E-state index in [1.165, 1.54) is 0 Å². The maximum atomic E-state index is 12.3. The third-order valence-electron chi connectivity index (χ3n) is 3.54. The van der Waals surface area contributed by atoms with E-state index in [1.54, 1.807) is 18.2 Å². The van der Waals surface area contributed by atoms with Gasteiger partial charge >= 0.3 is 0 Å². The highest BCUT2D eigenvalue weighted by Crippen LogP contribution is 2.29. The summed E-state index contributed by atoms with van der Waals surface area (Å²) in [6.45, 7) is 4.91. The third kappa shape index (κ3) is 4.86. The van der Waals surface area contributed by atoms with E-state index in [1.807, 2.05) is 13.8 Å². The number of sulfone groups is 1. The summed E-state index contributed by atoms with van der Waals surface area (Å²) in [7, 11) is -3.02. The van der Waals surface area contributed by atoms with E-state index < -0.39 is 9.84 Å². The lowest BCUT2D eigenvalue weighted by Gasteiger charge is -2.14. The zero-order valence-corrected chi connectivity index (χ0v) is 14.3. The van der Waals surface area contributed by atoms with Gasteiger partial charge in [-0.1, -0.05) is 6.92 Å². The molecule has 0 aliphatic carbocycles. The molecule has 0 saturated carbocycles. The predicted molar refractivity (Wildman–Crippen MR) is 87.9 cm³/mol. The summed E-state index contributed by atoms with van der Waals surface area (Å²) in [5, 5.41) is 2.77. The predicted octanol–water partition coefficient (Wildman–Crippen LogP) is 1.79. The van der Waals surface area contributed by atoms with Gasteiger partial charge in [0.15, 0.2) is 21.3 Å². The second-order valence-corrected chi connectivity index (χ2v) is 7.75. The molecule has 1 saturated heterocycles. The van der Waals surface area contributed by atoms with E-state index in [0.29, 0.717) is 36.7 Å². The minimum Gasteiger partial charge on any atom is -0.490 e. The van der Waals surface area contributed by atoms with Crippen molar-refractivity contribution in [2.45, 2.75) is 32.7 Å². The molecule has 0 bridgehead atoms. The molecule has 2 rings (SSSR count). The molecule has 1 heterocycles. The topological polar surface area (TPSA) is 81.7 Å². The Morgan fingerprint density at radius 3 is 2.65 bits per heavy atom. The second-order valence-electron chi connectivity index (χ2n) is 5.52. The largest absolute Gasteiger partial charge is 0.490 e. The van der Waals surface area contributed by atoms with Crippen LogP contribution in [0.2, 0.25) is 0 Å². The Kier molecular flexibility index (Phi) is 5.87. The van der Waals surface area contributed by atoms with E-state index in [0.717, 1.165) is 6.42 Å². The summed E-state index contributed by atoms with van der Waals surface area (Å²) in [6.07, 6.45) is 1.34. The Balaban J connectivity index is 2.09. The first-order valence-corrected chi connectivity index (χ1v) is 9.68. The van der Waals surface area contributed by atoms with Crippen molar-refractivity contribution in [2.24, 2.45) is 0 Å². The molecule has 1 aliphatic heterocycles. The fraction of sp³-hybridized carbons (Fsp3) is 0.562. The fourth-order valence-corrected chi connectivity index (χ4v) is 4.10. The van der Waals surface area contributed by atoms with Gasteiger partial charge in [0.1, 0.15) is 0 Å². The van der Waals surface area contributed by atoms with Gasteiger partial charge in [-0.25, -0.2) is 8.42 Å². The lowest BCUT2D eigenvalue weighted by atomic mass is 10.1. The quantitative estimate of drug-likeness (QED) is 0.818. The first-order valence-electron chi connectivity index (χ1n) is 7.86. The Bertz CT molecular complexity index is 656. The Hall–Kier alpha value is -1.76. The molecule has 1 amide bonds. The summed E-state index contributed by atoms with van der Waals surface area (Å²) in [5.41, 5.74) is 0.432. The van der Waals surface area contributed by atoms with Crippen LogP contribution in [0.3, 0.4) is 0 Å². The highest BCUT2D eigenvalue weighted by Gasteiger charge is 2.29. The minimum absolute atomic E-state index is 0.00868. The monoisotopic (exact) mass is 341 g/mol. The van der Waals surface area contributed by atoms with Gasteiger partial charge < -0.3 is 14.8 Å². The van der Waals surface area contributed by atoms with Crippen LogP contribution in [0.1, 0.15) is 37.0 Å². The molecular weight excluding hydrogens is 318 g/mol. The lowest BCUT2D eigenvalue weighted by molar-refractivity contribution is 0.0940. The van der Waals surface area contributed by atoms with Gasteiger partial charge in [-0.2, -0.15) is 0 Å². The van der Waals surface area contributed by atoms with Crippen molar-refractivity contribution in [3.05, 3.63) is 23.8 Å². The maximum Gasteiger partial charge on any atom is 0.251 e. The van der Waals surface area contributed by atoms with E-state index in [9.17, 15) is 13.2 Å². The highest BCUT2D eigenvalue weighted by atomic mass is 32.2. The molecule has 1 fully saturated rings. The molecule has 7 heteroatoms. The maximum absolute atomic E-state index is 12.3. The molecule has 0 aromatic heterocycles. The molecular formula is C16H23NO5S. The van der Waals surface area contributed by atoms with Gasteiger partial charge in [-0.05, 0) is 38.0 Å². The molecule has 1 N–H and O–H groups in total. The number of ether oxygens (including phenoxy) is 2. The van der Waals surface area contributed by atoms with Gasteiger partial charge in [0.2, 0.25) is 0 Å². The number of carbonyl (C=O) groups excluding carboxylic acids is 1. The minimum atomic E-state index is -3.02. The van der Waals surface area contributed by atoms with Crippen LogP contribution >= 0.6 is 0 Å². The van der Waals surface area contributed by atoms with Crippen molar-refractivity contribution in [2.75, 3.05) is 24.7 Å². The molecule has 128 valence electrons. The van der Waals surface area contributed by atoms with Crippen molar-refractivity contribution in [1.82, 2.24) is 5.32 Å². The SMILES string of the molecule is CCCOc1ccc(C(=O)NC2CCS(=O)(=O)C2)cc1OCC. The van der Waals surface area contributed by atoms with E-state index in [4.69, 9.17) is 9.47 Å². The van der Waals surface area contributed by atoms with Crippen LogP contribution in [0.25, 0.3) is 0 Å². The van der Waals surface area contributed by atoms with Crippen LogP contribution in [0, 0.1) is 0 Å². The van der Waals surface area contributed by atoms with E-state index in [-0.39, 0.29) is 23.5 Å². The van der Waals surface area contributed by atoms with Crippen molar-refractivity contribution < 1.29 is 22.7 Å². The number of hydrogen-bond donors (Lipinski definition) is 1. The molecule has 23 heavy (non-hydrogen) atoms. The van der Waals surface area contributed by atoms with Crippen LogP contribution in [0.5, 0.6) is 11.5 Å². The summed E-state index contributed by atoms with van der Waals surface area (Å²) in [4.78, 5) is 12.3. The third-order valence-corrected chi connectivity index (χ3v) is 5.30. The highest BCUT2D eigenvalue weighted by molar-refractivity contribution is 7.91. The van der Waals surface area contributed by atoms with Crippen molar-refractivity contribution >= 4 is 15.7 Å². The summed E-state index contributed by atoms with van der Waals surface area (Å²) < 4.78 is 34.0. The van der Waals surface area contributed by atoms with E-state index in [2.05, 4.69) is 5.32 Å². The van der Waals surface area contributed by atoms with Gasteiger partial charge in [0, 0.05) is 11.6 Å². The van der Waals surface area contributed by atoms with Gasteiger partial charge in [-0.3, -0.25) is 4.79 Å². The molecule has 1 atom stereocenters. The van der Waals surface area contributed by atoms with Crippen LogP contribution in [-0.2, 0) is 9.84 Å². The smallest absolute Gasteiger partial charge is 0.251 e. The normalized spacial score (nSPS) is 19.3. The van der Waals surface area contributed by atoms with E-state index >= 15 is 0 Å². The number of amides is 1. The first kappa shape index (κ1) is 17.6. The Labute approximate surface area is 137 Å². The summed E-state index contributed by atoms with van der Waals surface area (Å²) >= 11 is 0. The van der Waals surface area contributed by atoms with Gasteiger partial charge in [0.05, 0.1) is 24.7 Å². The Morgan fingerprint density at radius 1 is 1.26 bits per heavy atom. The first-order chi connectivity index (χ1) is 10.9. The molecule has 0 radical (unpaired) electrons. The second kappa shape index (κ2) is 7.68. The fourth-order valence-electron chi connectivity index (χ4n) is 2.43. The average Bonchev–Trinajstić information content (AvgIpc) is 2.85. The zero-order chi connectivity index (χ0) is 16.9. The number of rotatable bonds is 7. The summed E-state index contributed by atoms with van der Waals surface area (Å²) in [6, 6.07) is 4.68. The number of benzene rings is 1. The molecule has 1 unspecified atom stereocenters. The van der Waals surface area contributed by atoms with Crippen LogP contribution in [-0.4, -0.2) is 45.1 Å². The van der Waals surface area contributed by atoms with Crippen molar-refractivity contribution in [1.29, 1.82) is 0 Å². The van der Waals surface area contributed by atoms with Crippen molar-refractivity contribution in [3.63, 3.8) is 0 Å². The standard InChI is InChI=1S/C16H23NO5S/c1-3-8-22-14-6-5-12(10-15(14)21-4-2)16(18)17-13-7-9-23(19,20)11-13/h5-6,10,13H,3-4,7-9,11H2,1-2H3,(H,17,18). The average molecular weight is 341 g/mol. The molecule has 0 spiro atoms. The lowest BCUT2D eigenvalue weighted by Crippen LogP contribution is -2.35. The number of hydrogen-bond acceptors (Lipinski definition) is 5. The Morgan fingerprint density at radius 2 is 2.04 bits per heavy atom.